The minimum absolute atomic E-state index is 0. The highest BCUT2D eigenvalue weighted by atomic mass is 35.5. The zero-order chi connectivity index (χ0) is 25.9. The lowest BCUT2D eigenvalue weighted by Gasteiger charge is -2.34. The SMILES string of the molecule is COC(=O)CC(N)C(=O)NC1CCCN(C(=O)CCC2CCN(C(=O)OCc3ccccc3)CC2)C1.Cl. The molecule has 0 bridgehead atoms. The van der Waals surface area contributed by atoms with Crippen molar-refractivity contribution in [2.45, 2.75) is 63.6 Å². The molecule has 11 heteroatoms. The number of esters is 1. The van der Waals surface area contributed by atoms with Crippen LogP contribution in [-0.4, -0.2) is 79.0 Å². The number of nitrogens with one attached hydrogen (secondary N) is 1. The Morgan fingerprint density at radius 1 is 1.05 bits per heavy atom. The van der Waals surface area contributed by atoms with Crippen LogP contribution in [0.3, 0.4) is 0 Å². The molecule has 3 rings (SSSR count). The van der Waals surface area contributed by atoms with Crippen molar-refractivity contribution in [2.24, 2.45) is 11.7 Å². The molecule has 1 aromatic rings. The molecule has 0 aromatic heterocycles. The van der Waals surface area contributed by atoms with Gasteiger partial charge in [-0.15, -0.1) is 12.4 Å². The van der Waals surface area contributed by atoms with Gasteiger partial charge >= 0.3 is 12.1 Å². The smallest absolute Gasteiger partial charge is 0.410 e. The molecule has 0 radical (unpaired) electrons. The van der Waals surface area contributed by atoms with Crippen LogP contribution in [0.15, 0.2) is 30.3 Å². The van der Waals surface area contributed by atoms with Crippen LogP contribution in [0, 0.1) is 5.92 Å². The van der Waals surface area contributed by atoms with Gasteiger partial charge in [0.05, 0.1) is 19.6 Å². The highest BCUT2D eigenvalue weighted by Gasteiger charge is 2.28. The van der Waals surface area contributed by atoms with E-state index in [1.807, 2.05) is 30.3 Å². The predicted octanol–water partition coefficient (Wildman–Crippen LogP) is 2.23. The molecule has 10 nitrogen and oxygen atoms in total. The highest BCUT2D eigenvalue weighted by molar-refractivity contribution is 5.86. The van der Waals surface area contributed by atoms with Gasteiger partial charge in [-0.05, 0) is 43.6 Å². The summed E-state index contributed by atoms with van der Waals surface area (Å²) in [6.45, 7) is 2.65. The second-order valence-electron chi connectivity index (χ2n) is 9.58. The Balaban J connectivity index is 0.00000481. The Morgan fingerprint density at radius 3 is 2.43 bits per heavy atom. The molecule has 3 amide bonds. The van der Waals surface area contributed by atoms with Crippen LogP contribution in [0.25, 0.3) is 0 Å². The van der Waals surface area contributed by atoms with Crippen molar-refractivity contribution in [3.63, 3.8) is 0 Å². The molecule has 2 fully saturated rings. The molecule has 0 aliphatic carbocycles. The average molecular weight is 539 g/mol. The normalized spacial score (nSPS) is 18.8. The van der Waals surface area contributed by atoms with Gasteiger partial charge in [-0.1, -0.05) is 30.3 Å². The van der Waals surface area contributed by atoms with Crippen LogP contribution in [0.5, 0.6) is 0 Å². The number of nitrogens with two attached hydrogens (primary N) is 1. The van der Waals surface area contributed by atoms with Gasteiger partial charge in [0, 0.05) is 38.6 Å². The topological polar surface area (TPSA) is 131 Å². The number of amides is 3. The fraction of sp³-hybridized carbons (Fsp3) is 0.615. The monoisotopic (exact) mass is 538 g/mol. The number of rotatable bonds is 9. The van der Waals surface area contributed by atoms with E-state index in [-0.39, 0.29) is 43.5 Å². The number of benzene rings is 1. The second-order valence-corrected chi connectivity index (χ2v) is 9.58. The van der Waals surface area contributed by atoms with Gasteiger partial charge in [-0.2, -0.15) is 0 Å². The van der Waals surface area contributed by atoms with Crippen molar-refractivity contribution in [3.8, 4) is 0 Å². The molecule has 2 aliphatic rings. The fourth-order valence-corrected chi connectivity index (χ4v) is 4.69. The first-order valence-corrected chi connectivity index (χ1v) is 12.7. The maximum absolute atomic E-state index is 12.8. The van der Waals surface area contributed by atoms with E-state index in [4.69, 9.17) is 10.5 Å². The molecule has 1 aromatic carbocycles. The Hall–Kier alpha value is -2.85. The molecule has 2 saturated heterocycles. The van der Waals surface area contributed by atoms with Gasteiger partial charge in [0.1, 0.15) is 6.61 Å². The minimum Gasteiger partial charge on any atom is -0.469 e. The Bertz CT molecular complexity index is 894. The molecule has 2 unspecified atom stereocenters. The van der Waals surface area contributed by atoms with Crippen molar-refractivity contribution in [3.05, 3.63) is 35.9 Å². The molecule has 3 N–H and O–H groups in total. The summed E-state index contributed by atoms with van der Waals surface area (Å²) in [5, 5.41) is 2.86. The van der Waals surface area contributed by atoms with E-state index in [0.29, 0.717) is 38.5 Å². The van der Waals surface area contributed by atoms with E-state index in [2.05, 4.69) is 10.1 Å². The Labute approximate surface area is 224 Å². The van der Waals surface area contributed by atoms with Gasteiger partial charge in [-0.25, -0.2) is 4.79 Å². The first-order valence-electron chi connectivity index (χ1n) is 12.7. The van der Waals surface area contributed by atoms with Gasteiger partial charge in [0.15, 0.2) is 0 Å². The lowest BCUT2D eigenvalue weighted by atomic mass is 9.92. The average Bonchev–Trinajstić information content (AvgIpc) is 2.91. The largest absolute Gasteiger partial charge is 0.469 e. The number of carbonyl (C=O) groups is 4. The Morgan fingerprint density at radius 2 is 1.76 bits per heavy atom. The quantitative estimate of drug-likeness (QED) is 0.461. The van der Waals surface area contributed by atoms with Crippen LogP contribution < -0.4 is 11.1 Å². The summed E-state index contributed by atoms with van der Waals surface area (Å²) in [7, 11) is 1.25. The van der Waals surface area contributed by atoms with Gasteiger partial charge < -0.3 is 30.3 Å². The van der Waals surface area contributed by atoms with E-state index in [0.717, 1.165) is 37.7 Å². The maximum Gasteiger partial charge on any atom is 0.410 e. The van der Waals surface area contributed by atoms with Crippen molar-refractivity contribution < 1.29 is 28.7 Å². The molecule has 0 saturated carbocycles. The van der Waals surface area contributed by atoms with E-state index < -0.39 is 17.9 Å². The predicted molar refractivity (Wildman–Crippen MR) is 140 cm³/mol. The van der Waals surface area contributed by atoms with Crippen molar-refractivity contribution in [1.29, 1.82) is 0 Å². The maximum atomic E-state index is 12.8. The third kappa shape index (κ3) is 9.85. The second kappa shape index (κ2) is 15.4. The number of hydrogen-bond acceptors (Lipinski definition) is 7. The van der Waals surface area contributed by atoms with Gasteiger partial charge in [-0.3, -0.25) is 14.4 Å². The minimum atomic E-state index is -0.968. The van der Waals surface area contributed by atoms with Crippen LogP contribution in [0.2, 0.25) is 0 Å². The summed E-state index contributed by atoms with van der Waals surface area (Å²) < 4.78 is 9.98. The summed E-state index contributed by atoms with van der Waals surface area (Å²) in [5.74, 6) is -0.469. The van der Waals surface area contributed by atoms with Crippen LogP contribution in [0.1, 0.15) is 50.5 Å². The molecule has 206 valence electrons. The lowest BCUT2D eigenvalue weighted by Crippen LogP contribution is -2.53. The molecule has 2 atom stereocenters. The number of nitrogens with zero attached hydrogens (tertiary/aromatic N) is 2. The fourth-order valence-electron chi connectivity index (χ4n) is 4.69. The number of likely N-dealkylation sites (tertiary alicyclic amines) is 2. The summed E-state index contributed by atoms with van der Waals surface area (Å²) in [5.41, 5.74) is 6.74. The zero-order valence-electron chi connectivity index (χ0n) is 21.4. The molecule has 2 heterocycles. The number of piperidine rings is 2. The summed E-state index contributed by atoms with van der Waals surface area (Å²) in [6, 6.07) is 8.46. The molecule has 2 aliphatic heterocycles. The van der Waals surface area contributed by atoms with Crippen molar-refractivity contribution >= 4 is 36.3 Å². The molecule has 0 spiro atoms. The van der Waals surface area contributed by atoms with E-state index in [1.54, 1.807) is 9.80 Å². The van der Waals surface area contributed by atoms with Crippen LogP contribution in [-0.2, 0) is 30.5 Å². The number of halogens is 1. The first kappa shape index (κ1) is 30.4. The summed E-state index contributed by atoms with van der Waals surface area (Å²) in [6.07, 6.45) is 4.03. The molecular formula is C26H39ClN4O6. The van der Waals surface area contributed by atoms with Gasteiger partial charge in [0.25, 0.3) is 0 Å². The van der Waals surface area contributed by atoms with E-state index in [1.165, 1.54) is 7.11 Å². The van der Waals surface area contributed by atoms with E-state index >= 15 is 0 Å². The van der Waals surface area contributed by atoms with Crippen LogP contribution >= 0.6 is 12.4 Å². The number of hydrogen-bond donors (Lipinski definition) is 2. The molecular weight excluding hydrogens is 500 g/mol. The summed E-state index contributed by atoms with van der Waals surface area (Å²) >= 11 is 0. The standard InChI is InChI=1S/C26H38N4O6.ClH/c1-35-24(32)16-22(27)25(33)28-21-8-5-13-30(17-21)23(31)10-9-19-11-14-29(15-12-19)26(34)36-18-20-6-3-2-4-7-20;/h2-4,6-7,19,21-22H,5,8-18,27H2,1H3,(H,28,33);1H. The number of carbonyl (C=O) groups excluding carboxylic acids is 4. The zero-order valence-corrected chi connectivity index (χ0v) is 22.3. The van der Waals surface area contributed by atoms with Crippen LogP contribution in [0.4, 0.5) is 4.79 Å². The highest BCUT2D eigenvalue weighted by Crippen LogP contribution is 2.23. The number of methoxy groups -OCH3 is 1. The third-order valence-electron chi connectivity index (χ3n) is 6.92. The van der Waals surface area contributed by atoms with Gasteiger partial charge in [0.2, 0.25) is 11.8 Å². The summed E-state index contributed by atoms with van der Waals surface area (Å²) in [4.78, 5) is 52.3. The van der Waals surface area contributed by atoms with E-state index in [9.17, 15) is 19.2 Å². The van der Waals surface area contributed by atoms with Crippen molar-refractivity contribution in [1.82, 2.24) is 15.1 Å². The lowest BCUT2D eigenvalue weighted by molar-refractivity contribution is -0.142. The van der Waals surface area contributed by atoms with Crippen molar-refractivity contribution in [2.75, 3.05) is 33.3 Å². The first-order chi connectivity index (χ1) is 17.4. The number of ether oxygens (including phenoxy) is 2. The third-order valence-corrected chi connectivity index (χ3v) is 6.92. The molecule has 37 heavy (non-hydrogen) atoms. The Kier molecular flexibility index (Phi) is 12.7.